The number of aromatic nitrogens is 1. The molecule has 4 nitrogen and oxygen atoms in total. The van der Waals surface area contributed by atoms with Crippen molar-refractivity contribution in [2.75, 3.05) is 6.54 Å². The summed E-state index contributed by atoms with van der Waals surface area (Å²) < 4.78 is 5.44. The lowest BCUT2D eigenvalue weighted by Crippen LogP contribution is -2.27. The second-order valence-electron chi connectivity index (χ2n) is 3.76. The molecular weight excluding hydrogens is 260 g/mol. The smallest absolute Gasteiger partial charge is 0.236 e. The molecule has 82 valence electrons. The van der Waals surface area contributed by atoms with Gasteiger partial charge in [-0.1, -0.05) is 15.9 Å². The molecule has 1 aliphatic rings. The maximum atomic E-state index is 11.6. The quantitative estimate of drug-likeness (QED) is 0.772. The van der Waals surface area contributed by atoms with E-state index in [9.17, 15) is 4.79 Å². The highest BCUT2D eigenvalue weighted by atomic mass is 79.9. The van der Waals surface area contributed by atoms with Crippen LogP contribution in [0.25, 0.3) is 0 Å². The van der Waals surface area contributed by atoms with Gasteiger partial charge in [-0.15, -0.1) is 0 Å². The highest BCUT2D eigenvalue weighted by Gasteiger charge is 2.30. The van der Waals surface area contributed by atoms with Crippen LogP contribution in [0.5, 0.6) is 0 Å². The predicted molar refractivity (Wildman–Crippen MR) is 58.7 cm³/mol. The molecule has 0 aliphatic carbocycles. The first kappa shape index (κ1) is 10.7. The molecule has 0 N–H and O–H groups in total. The van der Waals surface area contributed by atoms with E-state index in [2.05, 4.69) is 20.9 Å². The van der Waals surface area contributed by atoms with Crippen LogP contribution >= 0.6 is 15.9 Å². The average Bonchev–Trinajstić information content (AvgIpc) is 2.64. The van der Waals surface area contributed by atoms with Crippen LogP contribution in [0.4, 0.5) is 0 Å². The number of alkyl halides is 1. The number of rotatable bonds is 2. The summed E-state index contributed by atoms with van der Waals surface area (Å²) in [5.74, 6) is 1.59. The van der Waals surface area contributed by atoms with Crippen LogP contribution in [0.1, 0.15) is 23.8 Å². The lowest BCUT2D eigenvalue weighted by molar-refractivity contribution is -0.127. The van der Waals surface area contributed by atoms with Gasteiger partial charge in [0.2, 0.25) is 5.91 Å². The summed E-state index contributed by atoms with van der Waals surface area (Å²) in [6, 6.07) is 0. The molecule has 2 heterocycles. The largest absolute Gasteiger partial charge is 0.444 e. The Morgan fingerprint density at radius 1 is 1.60 bits per heavy atom. The lowest BCUT2D eigenvalue weighted by Gasteiger charge is -2.13. The Kier molecular flexibility index (Phi) is 2.82. The molecule has 2 rings (SSSR count). The third-order valence-corrected chi connectivity index (χ3v) is 3.42. The predicted octanol–water partition coefficient (Wildman–Crippen LogP) is 1.79. The van der Waals surface area contributed by atoms with Crippen molar-refractivity contribution < 1.29 is 9.21 Å². The van der Waals surface area contributed by atoms with Crippen molar-refractivity contribution in [2.24, 2.45) is 0 Å². The van der Waals surface area contributed by atoms with Crippen molar-refractivity contribution in [3.8, 4) is 0 Å². The summed E-state index contributed by atoms with van der Waals surface area (Å²) >= 11 is 3.34. The molecule has 0 bridgehead atoms. The Hall–Kier alpha value is -0.840. The molecule has 5 heteroatoms. The van der Waals surface area contributed by atoms with Gasteiger partial charge in [-0.3, -0.25) is 4.79 Å². The van der Waals surface area contributed by atoms with E-state index in [0.717, 1.165) is 24.4 Å². The average molecular weight is 273 g/mol. The normalized spacial score (nSPS) is 21.4. The van der Waals surface area contributed by atoms with Gasteiger partial charge < -0.3 is 9.32 Å². The topological polar surface area (TPSA) is 46.3 Å². The van der Waals surface area contributed by atoms with Crippen LogP contribution in [0, 0.1) is 13.8 Å². The molecule has 1 atom stereocenters. The van der Waals surface area contributed by atoms with Crippen molar-refractivity contribution in [1.82, 2.24) is 9.88 Å². The second kappa shape index (κ2) is 3.96. The second-order valence-corrected chi connectivity index (χ2v) is 4.86. The molecule has 0 radical (unpaired) electrons. The number of nitrogens with zero attached hydrogens (tertiary/aromatic N) is 2. The fraction of sp³-hybridized carbons (Fsp3) is 0.600. The Bertz CT molecular complexity index is 389. The lowest BCUT2D eigenvalue weighted by atomic mass is 10.3. The minimum atomic E-state index is -0.0261. The molecule has 1 unspecified atom stereocenters. The minimum Gasteiger partial charge on any atom is -0.444 e. The van der Waals surface area contributed by atoms with Crippen molar-refractivity contribution in [3.05, 3.63) is 17.3 Å². The zero-order valence-corrected chi connectivity index (χ0v) is 10.4. The van der Waals surface area contributed by atoms with E-state index < -0.39 is 0 Å². The number of carbonyl (C=O) groups excluding carboxylic acids is 1. The number of likely N-dealkylation sites (tertiary alicyclic amines) is 1. The van der Waals surface area contributed by atoms with Gasteiger partial charge in [0.1, 0.15) is 5.76 Å². The molecule has 1 aliphatic heterocycles. The summed E-state index contributed by atoms with van der Waals surface area (Å²) in [6.07, 6.45) is 0.866. The monoisotopic (exact) mass is 272 g/mol. The van der Waals surface area contributed by atoms with E-state index in [1.807, 2.05) is 13.8 Å². The first-order valence-electron chi connectivity index (χ1n) is 4.93. The standard InChI is InChI=1S/C10H13BrN2O2/c1-6-9(15-7(2)12-6)5-13-4-3-8(11)10(13)14/h8H,3-5H2,1-2H3. The summed E-state index contributed by atoms with van der Waals surface area (Å²) in [6.45, 7) is 5.04. The summed E-state index contributed by atoms with van der Waals surface area (Å²) in [7, 11) is 0. The van der Waals surface area contributed by atoms with Crippen LogP contribution in [-0.2, 0) is 11.3 Å². The zero-order chi connectivity index (χ0) is 11.0. The molecule has 1 fully saturated rings. The zero-order valence-electron chi connectivity index (χ0n) is 8.79. The van der Waals surface area contributed by atoms with Gasteiger partial charge in [0, 0.05) is 13.5 Å². The maximum absolute atomic E-state index is 11.6. The van der Waals surface area contributed by atoms with Crippen LogP contribution in [0.2, 0.25) is 0 Å². The Morgan fingerprint density at radius 3 is 2.80 bits per heavy atom. The van der Waals surface area contributed by atoms with Crippen LogP contribution in [0.15, 0.2) is 4.42 Å². The molecule has 15 heavy (non-hydrogen) atoms. The van der Waals surface area contributed by atoms with E-state index in [4.69, 9.17) is 4.42 Å². The maximum Gasteiger partial charge on any atom is 0.236 e. The number of hydrogen-bond acceptors (Lipinski definition) is 3. The van der Waals surface area contributed by atoms with Gasteiger partial charge in [0.25, 0.3) is 0 Å². The highest BCUT2D eigenvalue weighted by molar-refractivity contribution is 9.10. The van der Waals surface area contributed by atoms with Gasteiger partial charge in [0.15, 0.2) is 5.89 Å². The number of oxazole rings is 1. The molecule has 1 amide bonds. The Labute approximate surface area is 96.8 Å². The highest BCUT2D eigenvalue weighted by Crippen LogP contribution is 2.21. The number of hydrogen-bond donors (Lipinski definition) is 0. The van der Waals surface area contributed by atoms with Gasteiger partial charge >= 0.3 is 0 Å². The fourth-order valence-electron chi connectivity index (χ4n) is 1.75. The summed E-state index contributed by atoms with van der Waals surface area (Å²) in [5, 5.41) is 0. The molecule has 0 saturated carbocycles. The summed E-state index contributed by atoms with van der Waals surface area (Å²) in [5.41, 5.74) is 0.873. The molecule has 0 spiro atoms. The van der Waals surface area contributed by atoms with Crippen molar-refractivity contribution in [2.45, 2.75) is 31.6 Å². The van der Waals surface area contributed by atoms with E-state index in [1.54, 1.807) is 4.90 Å². The Balaban J connectivity index is 2.09. The van der Waals surface area contributed by atoms with E-state index in [1.165, 1.54) is 0 Å². The van der Waals surface area contributed by atoms with E-state index in [-0.39, 0.29) is 10.7 Å². The first-order valence-corrected chi connectivity index (χ1v) is 5.85. The summed E-state index contributed by atoms with van der Waals surface area (Å²) in [4.78, 5) is 17.6. The number of aryl methyl sites for hydroxylation is 2. The van der Waals surface area contributed by atoms with Gasteiger partial charge in [0.05, 0.1) is 17.1 Å². The molecule has 0 aromatic carbocycles. The van der Waals surface area contributed by atoms with Gasteiger partial charge in [-0.25, -0.2) is 4.98 Å². The minimum absolute atomic E-state index is 0.0261. The number of halogens is 1. The number of carbonyl (C=O) groups is 1. The Morgan fingerprint density at radius 2 is 2.33 bits per heavy atom. The first-order chi connectivity index (χ1) is 7.08. The third kappa shape index (κ3) is 2.07. The van der Waals surface area contributed by atoms with E-state index in [0.29, 0.717) is 12.4 Å². The third-order valence-electron chi connectivity index (χ3n) is 2.57. The van der Waals surface area contributed by atoms with Crippen LogP contribution in [0.3, 0.4) is 0 Å². The van der Waals surface area contributed by atoms with Gasteiger partial charge in [-0.2, -0.15) is 0 Å². The molecule has 1 saturated heterocycles. The van der Waals surface area contributed by atoms with Crippen LogP contribution < -0.4 is 0 Å². The van der Waals surface area contributed by atoms with Crippen LogP contribution in [-0.4, -0.2) is 27.2 Å². The van der Waals surface area contributed by atoms with E-state index >= 15 is 0 Å². The van der Waals surface area contributed by atoms with Crippen molar-refractivity contribution in [3.63, 3.8) is 0 Å². The van der Waals surface area contributed by atoms with Gasteiger partial charge in [-0.05, 0) is 13.3 Å². The fourth-order valence-corrected chi connectivity index (χ4v) is 2.25. The van der Waals surface area contributed by atoms with Crippen molar-refractivity contribution in [1.29, 1.82) is 0 Å². The molecule has 1 aromatic rings. The number of amides is 1. The molecule has 1 aromatic heterocycles. The van der Waals surface area contributed by atoms with Crippen molar-refractivity contribution >= 4 is 21.8 Å². The SMILES string of the molecule is Cc1nc(C)c(CN2CCC(Br)C2=O)o1. The molecular formula is C10H13BrN2O2.